The molecule has 1 fully saturated rings. The van der Waals surface area contributed by atoms with Crippen molar-refractivity contribution >= 4 is 11.7 Å². The Morgan fingerprint density at radius 2 is 2.08 bits per heavy atom. The standard InChI is InChI=1S/C19H25NO4/c1-19(2,3)24-18(21)20-15-8-14(9-16(20)12-23-11-15)13-6-5-7-17(10-13)22-4/h5-8,10,15-16H,9,11-12H2,1-4H3. The number of hydrogen-bond acceptors (Lipinski definition) is 4. The minimum Gasteiger partial charge on any atom is -0.497 e. The molecular formula is C19H25NO4. The molecule has 24 heavy (non-hydrogen) atoms. The van der Waals surface area contributed by atoms with Crippen LogP contribution in [0.2, 0.25) is 0 Å². The molecule has 0 saturated carbocycles. The zero-order chi connectivity index (χ0) is 17.3. The highest BCUT2D eigenvalue weighted by molar-refractivity contribution is 5.75. The molecule has 2 aliphatic rings. The molecule has 0 N–H and O–H groups in total. The Bertz CT molecular complexity index is 647. The predicted octanol–water partition coefficient (Wildman–Crippen LogP) is 3.49. The molecule has 1 aromatic carbocycles. The summed E-state index contributed by atoms with van der Waals surface area (Å²) in [7, 11) is 1.67. The largest absolute Gasteiger partial charge is 0.497 e. The number of ether oxygens (including phenoxy) is 3. The van der Waals surface area contributed by atoms with Crippen LogP contribution in [0, 0.1) is 0 Å². The summed E-state index contributed by atoms with van der Waals surface area (Å²) in [5.74, 6) is 0.837. The van der Waals surface area contributed by atoms with Gasteiger partial charge < -0.3 is 14.2 Å². The maximum absolute atomic E-state index is 12.6. The van der Waals surface area contributed by atoms with E-state index in [1.807, 2.05) is 43.9 Å². The van der Waals surface area contributed by atoms with Gasteiger partial charge in [-0.15, -0.1) is 0 Å². The van der Waals surface area contributed by atoms with Gasteiger partial charge in [0.15, 0.2) is 0 Å². The number of morpholine rings is 1. The minimum absolute atomic E-state index is 0.00445. The summed E-state index contributed by atoms with van der Waals surface area (Å²) in [6.45, 7) is 6.70. The molecule has 1 saturated heterocycles. The van der Waals surface area contributed by atoms with E-state index >= 15 is 0 Å². The van der Waals surface area contributed by atoms with Gasteiger partial charge in [-0.25, -0.2) is 4.79 Å². The van der Waals surface area contributed by atoms with Gasteiger partial charge in [-0.2, -0.15) is 0 Å². The lowest BCUT2D eigenvalue weighted by atomic mass is 9.90. The summed E-state index contributed by atoms with van der Waals surface area (Å²) in [4.78, 5) is 14.4. The third kappa shape index (κ3) is 3.56. The fourth-order valence-corrected chi connectivity index (χ4v) is 3.23. The summed E-state index contributed by atoms with van der Waals surface area (Å²) < 4.78 is 16.5. The fraction of sp³-hybridized carbons (Fsp3) is 0.526. The normalized spacial score (nSPS) is 23.5. The third-order valence-electron chi connectivity index (χ3n) is 4.24. The first-order chi connectivity index (χ1) is 11.4. The molecule has 2 aliphatic heterocycles. The monoisotopic (exact) mass is 331 g/mol. The summed E-state index contributed by atoms with van der Waals surface area (Å²) >= 11 is 0. The highest BCUT2D eigenvalue weighted by Gasteiger charge is 2.40. The van der Waals surface area contributed by atoms with Crippen molar-refractivity contribution < 1.29 is 19.0 Å². The van der Waals surface area contributed by atoms with Crippen LogP contribution in [-0.2, 0) is 9.47 Å². The van der Waals surface area contributed by atoms with Crippen LogP contribution in [0.1, 0.15) is 32.8 Å². The minimum atomic E-state index is -0.497. The second kappa shape index (κ2) is 6.48. The number of fused-ring (bicyclic) bond motifs is 2. The molecule has 1 aromatic rings. The predicted molar refractivity (Wildman–Crippen MR) is 92.1 cm³/mol. The summed E-state index contributed by atoms with van der Waals surface area (Å²) in [6.07, 6.45) is 2.61. The maximum Gasteiger partial charge on any atom is 0.411 e. The van der Waals surface area contributed by atoms with Crippen molar-refractivity contribution in [3.63, 3.8) is 0 Å². The van der Waals surface area contributed by atoms with Crippen molar-refractivity contribution in [3.05, 3.63) is 35.9 Å². The van der Waals surface area contributed by atoms with E-state index in [1.165, 1.54) is 5.57 Å². The molecule has 2 bridgehead atoms. The Morgan fingerprint density at radius 3 is 2.75 bits per heavy atom. The number of nitrogens with zero attached hydrogens (tertiary/aromatic N) is 1. The van der Waals surface area contributed by atoms with Gasteiger partial charge in [0.2, 0.25) is 0 Å². The molecule has 3 rings (SSSR count). The van der Waals surface area contributed by atoms with Gasteiger partial charge in [-0.05, 0) is 50.5 Å². The molecule has 2 heterocycles. The summed E-state index contributed by atoms with van der Waals surface area (Å²) in [6, 6.07) is 7.95. The van der Waals surface area contributed by atoms with Gasteiger partial charge in [-0.3, -0.25) is 4.90 Å². The van der Waals surface area contributed by atoms with Gasteiger partial charge in [0.05, 0.1) is 32.4 Å². The van der Waals surface area contributed by atoms with Crippen molar-refractivity contribution in [1.29, 1.82) is 0 Å². The lowest BCUT2D eigenvalue weighted by molar-refractivity contribution is -0.0510. The SMILES string of the molecule is COc1cccc(C2=CC3COCC(C2)N3C(=O)OC(C)(C)C)c1. The van der Waals surface area contributed by atoms with Crippen LogP contribution in [0.3, 0.4) is 0 Å². The second-order valence-electron chi connectivity index (χ2n) is 7.27. The number of carbonyl (C=O) groups excluding carboxylic acids is 1. The van der Waals surface area contributed by atoms with E-state index in [2.05, 4.69) is 12.1 Å². The van der Waals surface area contributed by atoms with E-state index in [9.17, 15) is 4.79 Å². The molecule has 0 spiro atoms. The van der Waals surface area contributed by atoms with Crippen LogP contribution < -0.4 is 4.74 Å². The van der Waals surface area contributed by atoms with Crippen LogP contribution >= 0.6 is 0 Å². The average Bonchev–Trinajstić information content (AvgIpc) is 2.52. The van der Waals surface area contributed by atoms with Crippen molar-refractivity contribution in [3.8, 4) is 5.75 Å². The second-order valence-corrected chi connectivity index (χ2v) is 7.27. The molecule has 130 valence electrons. The van der Waals surface area contributed by atoms with Crippen molar-refractivity contribution in [1.82, 2.24) is 4.90 Å². The number of benzene rings is 1. The van der Waals surface area contributed by atoms with Crippen LogP contribution in [0.5, 0.6) is 5.75 Å². The van der Waals surface area contributed by atoms with Crippen molar-refractivity contribution in [2.24, 2.45) is 0 Å². The molecule has 0 aromatic heterocycles. The highest BCUT2D eigenvalue weighted by Crippen LogP contribution is 2.34. The van der Waals surface area contributed by atoms with E-state index < -0.39 is 5.60 Å². The van der Waals surface area contributed by atoms with E-state index in [0.29, 0.717) is 13.2 Å². The average molecular weight is 331 g/mol. The molecule has 0 aliphatic carbocycles. The lowest BCUT2D eigenvalue weighted by Crippen LogP contribution is -2.57. The Labute approximate surface area is 143 Å². The Morgan fingerprint density at radius 1 is 1.29 bits per heavy atom. The molecule has 1 amide bonds. The number of carbonyl (C=O) groups is 1. The number of methoxy groups -OCH3 is 1. The van der Waals surface area contributed by atoms with Gasteiger partial charge >= 0.3 is 6.09 Å². The molecular weight excluding hydrogens is 306 g/mol. The summed E-state index contributed by atoms with van der Waals surface area (Å²) in [5, 5.41) is 0. The first kappa shape index (κ1) is 16.8. The van der Waals surface area contributed by atoms with E-state index in [0.717, 1.165) is 17.7 Å². The van der Waals surface area contributed by atoms with E-state index in [-0.39, 0.29) is 18.2 Å². The van der Waals surface area contributed by atoms with Crippen LogP contribution in [-0.4, -0.2) is 49.0 Å². The quantitative estimate of drug-likeness (QED) is 0.832. The topological polar surface area (TPSA) is 48.0 Å². The van der Waals surface area contributed by atoms with E-state index in [4.69, 9.17) is 14.2 Å². The van der Waals surface area contributed by atoms with Crippen molar-refractivity contribution in [2.75, 3.05) is 20.3 Å². The van der Waals surface area contributed by atoms with Gasteiger partial charge in [0.1, 0.15) is 11.4 Å². The lowest BCUT2D eigenvalue weighted by Gasteiger charge is -2.44. The van der Waals surface area contributed by atoms with Crippen LogP contribution in [0.15, 0.2) is 30.3 Å². The fourth-order valence-electron chi connectivity index (χ4n) is 3.23. The van der Waals surface area contributed by atoms with Gasteiger partial charge in [0, 0.05) is 0 Å². The summed E-state index contributed by atoms with van der Waals surface area (Å²) in [5.41, 5.74) is 1.87. The zero-order valence-electron chi connectivity index (χ0n) is 14.7. The van der Waals surface area contributed by atoms with Crippen LogP contribution in [0.4, 0.5) is 4.79 Å². The number of rotatable bonds is 2. The number of hydrogen-bond donors (Lipinski definition) is 0. The maximum atomic E-state index is 12.6. The van der Waals surface area contributed by atoms with Crippen LogP contribution in [0.25, 0.3) is 5.57 Å². The van der Waals surface area contributed by atoms with Gasteiger partial charge in [-0.1, -0.05) is 18.2 Å². The Hall–Kier alpha value is -2.01. The molecule has 2 unspecified atom stereocenters. The Kier molecular flexibility index (Phi) is 4.54. The zero-order valence-corrected chi connectivity index (χ0v) is 14.7. The molecule has 2 atom stereocenters. The third-order valence-corrected chi connectivity index (χ3v) is 4.24. The first-order valence-corrected chi connectivity index (χ1v) is 8.31. The number of amides is 1. The molecule has 5 nitrogen and oxygen atoms in total. The van der Waals surface area contributed by atoms with Crippen molar-refractivity contribution in [2.45, 2.75) is 44.9 Å². The highest BCUT2D eigenvalue weighted by atomic mass is 16.6. The van der Waals surface area contributed by atoms with Gasteiger partial charge in [0.25, 0.3) is 0 Å². The molecule has 5 heteroatoms. The van der Waals surface area contributed by atoms with E-state index in [1.54, 1.807) is 7.11 Å². The first-order valence-electron chi connectivity index (χ1n) is 8.31. The smallest absolute Gasteiger partial charge is 0.411 e. The molecule has 0 radical (unpaired) electrons. The Balaban J connectivity index is 1.85.